The van der Waals surface area contributed by atoms with Crippen molar-refractivity contribution < 1.29 is 17.9 Å². The van der Waals surface area contributed by atoms with Crippen molar-refractivity contribution in [3.63, 3.8) is 0 Å². The van der Waals surface area contributed by atoms with E-state index in [1.807, 2.05) is 19.1 Å². The molecular formula is C21H27N3O4S. The minimum atomic E-state index is -3.55. The summed E-state index contributed by atoms with van der Waals surface area (Å²) in [5.41, 5.74) is 2.21. The summed E-state index contributed by atoms with van der Waals surface area (Å²) < 4.78 is 32.1. The molecule has 1 aromatic heterocycles. The number of benzene rings is 1. The van der Waals surface area contributed by atoms with Crippen molar-refractivity contribution in [1.29, 1.82) is 0 Å². The highest BCUT2D eigenvalue weighted by molar-refractivity contribution is 7.89. The Bertz CT molecular complexity index is 940. The van der Waals surface area contributed by atoms with Gasteiger partial charge in [-0.3, -0.25) is 9.78 Å². The van der Waals surface area contributed by atoms with Crippen LogP contribution in [0.4, 0.5) is 0 Å². The maximum Gasteiger partial charge on any atom is 0.244 e. The zero-order chi connectivity index (χ0) is 20.9. The highest BCUT2D eigenvalue weighted by Gasteiger charge is 2.32. The Balaban J connectivity index is 1.50. The largest absolute Gasteiger partial charge is 0.496 e. The Labute approximate surface area is 172 Å². The number of ether oxygens (including phenoxy) is 1. The molecule has 0 bridgehead atoms. The van der Waals surface area contributed by atoms with Gasteiger partial charge in [0.25, 0.3) is 0 Å². The van der Waals surface area contributed by atoms with Crippen LogP contribution >= 0.6 is 0 Å². The number of carbonyl (C=O) groups is 1. The van der Waals surface area contributed by atoms with Crippen LogP contribution in [0.3, 0.4) is 0 Å². The highest BCUT2D eigenvalue weighted by Crippen LogP contribution is 2.24. The van der Waals surface area contributed by atoms with Crippen LogP contribution in [0, 0.1) is 12.8 Å². The van der Waals surface area contributed by atoms with Gasteiger partial charge in [-0.1, -0.05) is 17.7 Å². The molecule has 29 heavy (non-hydrogen) atoms. The van der Waals surface area contributed by atoms with Gasteiger partial charge in [0.1, 0.15) is 10.6 Å². The maximum atomic E-state index is 12.7. The minimum absolute atomic E-state index is 0.0185. The maximum absolute atomic E-state index is 12.7. The molecule has 1 N–H and O–H groups in total. The number of pyridine rings is 1. The zero-order valence-corrected chi connectivity index (χ0v) is 17.6. The van der Waals surface area contributed by atoms with Crippen molar-refractivity contribution >= 4 is 15.9 Å². The van der Waals surface area contributed by atoms with Crippen molar-refractivity contribution in [1.82, 2.24) is 14.6 Å². The molecular weight excluding hydrogens is 390 g/mol. The summed E-state index contributed by atoms with van der Waals surface area (Å²) in [6, 6.07) is 9.14. The number of carbonyl (C=O) groups excluding carboxylic acids is 1. The molecule has 1 aliphatic rings. The molecule has 1 fully saturated rings. The van der Waals surface area contributed by atoms with Gasteiger partial charge >= 0.3 is 0 Å². The van der Waals surface area contributed by atoms with Crippen LogP contribution in [0.15, 0.2) is 47.6 Å². The van der Waals surface area contributed by atoms with E-state index in [2.05, 4.69) is 16.4 Å². The summed E-state index contributed by atoms with van der Waals surface area (Å²) in [5, 5.41) is 2.98. The van der Waals surface area contributed by atoms with Crippen molar-refractivity contribution in [2.75, 3.05) is 26.7 Å². The lowest BCUT2D eigenvalue weighted by Gasteiger charge is -2.30. The Kier molecular flexibility index (Phi) is 6.87. The average Bonchev–Trinajstić information content (AvgIpc) is 2.74. The lowest BCUT2D eigenvalue weighted by Crippen LogP contribution is -2.43. The molecule has 3 rings (SSSR count). The van der Waals surface area contributed by atoms with Crippen LogP contribution in [0.2, 0.25) is 0 Å². The summed E-state index contributed by atoms with van der Waals surface area (Å²) in [5.74, 6) is 0.628. The third-order valence-corrected chi connectivity index (χ3v) is 7.11. The van der Waals surface area contributed by atoms with Crippen molar-refractivity contribution in [3.8, 4) is 5.75 Å². The Morgan fingerprint density at radius 1 is 1.28 bits per heavy atom. The van der Waals surface area contributed by atoms with Crippen LogP contribution in [0.5, 0.6) is 5.75 Å². The summed E-state index contributed by atoms with van der Waals surface area (Å²) >= 11 is 0. The van der Waals surface area contributed by atoms with Gasteiger partial charge in [-0.15, -0.1) is 0 Å². The van der Waals surface area contributed by atoms with Crippen LogP contribution in [0.1, 0.15) is 24.0 Å². The molecule has 2 aromatic rings. The molecule has 2 heterocycles. The predicted octanol–water partition coefficient (Wildman–Crippen LogP) is 2.16. The molecule has 1 aromatic carbocycles. The van der Waals surface area contributed by atoms with E-state index in [4.69, 9.17) is 4.74 Å². The van der Waals surface area contributed by atoms with Gasteiger partial charge in [-0.05, 0) is 49.9 Å². The average molecular weight is 418 g/mol. The number of rotatable bonds is 7. The first-order chi connectivity index (χ1) is 13.9. The molecule has 156 valence electrons. The second-order valence-corrected chi connectivity index (χ2v) is 9.16. The van der Waals surface area contributed by atoms with E-state index in [1.54, 1.807) is 25.4 Å². The topological polar surface area (TPSA) is 88.6 Å². The fourth-order valence-corrected chi connectivity index (χ4v) is 5.01. The molecule has 7 nitrogen and oxygen atoms in total. The zero-order valence-electron chi connectivity index (χ0n) is 16.8. The fourth-order valence-electron chi connectivity index (χ4n) is 3.57. The van der Waals surface area contributed by atoms with Gasteiger partial charge in [0.2, 0.25) is 15.9 Å². The molecule has 1 saturated heterocycles. The summed E-state index contributed by atoms with van der Waals surface area (Å²) in [6.07, 6.45) is 4.61. The van der Waals surface area contributed by atoms with Crippen LogP contribution in [-0.4, -0.2) is 50.4 Å². The monoisotopic (exact) mass is 417 g/mol. The summed E-state index contributed by atoms with van der Waals surface area (Å²) in [4.78, 5) is 16.6. The number of hydrogen-bond acceptors (Lipinski definition) is 5. The summed E-state index contributed by atoms with van der Waals surface area (Å²) in [7, 11) is -1.91. The fraction of sp³-hybridized carbons (Fsp3) is 0.429. The third-order valence-electron chi connectivity index (χ3n) is 5.23. The number of sulfonamides is 1. The quantitative estimate of drug-likeness (QED) is 0.746. The molecule has 0 saturated carbocycles. The lowest BCUT2D eigenvalue weighted by molar-refractivity contribution is -0.126. The smallest absolute Gasteiger partial charge is 0.244 e. The van der Waals surface area contributed by atoms with E-state index in [9.17, 15) is 13.2 Å². The molecule has 8 heteroatoms. The second kappa shape index (κ2) is 9.37. The first kappa shape index (κ1) is 21.3. The van der Waals surface area contributed by atoms with Gasteiger partial charge in [0.05, 0.1) is 7.11 Å². The van der Waals surface area contributed by atoms with Crippen LogP contribution in [-0.2, 0) is 21.2 Å². The van der Waals surface area contributed by atoms with E-state index in [0.717, 1.165) is 16.9 Å². The lowest BCUT2D eigenvalue weighted by atomic mass is 9.97. The standard InChI is InChI=1S/C21H27N3O4S/c1-16-5-6-20(28-2)18(14-16)7-11-23-21(25)17-8-12-24(13-9-17)29(26,27)19-4-3-10-22-15-19/h3-6,10,14-15,17H,7-9,11-13H2,1-2H3,(H,23,25). The Morgan fingerprint density at radius 3 is 2.69 bits per heavy atom. The number of amides is 1. The number of hydrogen-bond donors (Lipinski definition) is 1. The third kappa shape index (κ3) is 5.13. The second-order valence-electron chi connectivity index (χ2n) is 7.22. The normalized spacial score (nSPS) is 15.8. The van der Waals surface area contributed by atoms with E-state index in [-0.39, 0.29) is 16.7 Å². The van der Waals surface area contributed by atoms with Gasteiger partial charge in [0, 0.05) is 37.9 Å². The molecule has 0 unspecified atom stereocenters. The highest BCUT2D eigenvalue weighted by atomic mass is 32.2. The number of piperidine rings is 1. The number of nitrogens with one attached hydrogen (secondary N) is 1. The number of aromatic nitrogens is 1. The number of methoxy groups -OCH3 is 1. The SMILES string of the molecule is COc1ccc(C)cc1CCNC(=O)C1CCN(S(=O)(=O)c2cccnc2)CC1. The van der Waals surface area contributed by atoms with Crippen molar-refractivity contribution in [3.05, 3.63) is 53.9 Å². The summed E-state index contributed by atoms with van der Waals surface area (Å²) in [6.45, 7) is 3.21. The van der Waals surface area contributed by atoms with Crippen molar-refractivity contribution in [2.24, 2.45) is 5.92 Å². The van der Waals surface area contributed by atoms with E-state index in [1.165, 1.54) is 10.5 Å². The van der Waals surface area contributed by atoms with Crippen LogP contribution in [0.25, 0.3) is 0 Å². The van der Waals surface area contributed by atoms with E-state index < -0.39 is 10.0 Å². The Morgan fingerprint density at radius 2 is 2.03 bits per heavy atom. The van der Waals surface area contributed by atoms with Gasteiger partial charge < -0.3 is 10.1 Å². The van der Waals surface area contributed by atoms with E-state index in [0.29, 0.717) is 38.9 Å². The molecule has 1 amide bonds. The molecule has 1 aliphatic heterocycles. The molecule has 0 atom stereocenters. The van der Waals surface area contributed by atoms with Crippen molar-refractivity contribution in [2.45, 2.75) is 31.1 Å². The first-order valence-electron chi connectivity index (χ1n) is 9.73. The first-order valence-corrected chi connectivity index (χ1v) is 11.2. The molecule has 0 radical (unpaired) electrons. The number of aryl methyl sites for hydroxylation is 1. The van der Waals surface area contributed by atoms with Crippen LogP contribution < -0.4 is 10.1 Å². The predicted molar refractivity (Wildman–Crippen MR) is 110 cm³/mol. The molecule has 0 spiro atoms. The van der Waals surface area contributed by atoms with Gasteiger partial charge in [0.15, 0.2) is 0 Å². The van der Waals surface area contributed by atoms with E-state index >= 15 is 0 Å². The van der Waals surface area contributed by atoms with Gasteiger partial charge in [-0.2, -0.15) is 4.31 Å². The van der Waals surface area contributed by atoms with Gasteiger partial charge in [-0.25, -0.2) is 8.42 Å². The number of nitrogens with zero attached hydrogens (tertiary/aromatic N) is 2. The minimum Gasteiger partial charge on any atom is -0.496 e. The Hall–Kier alpha value is -2.45. The molecule has 0 aliphatic carbocycles.